The minimum atomic E-state index is -4.12. The highest BCUT2D eigenvalue weighted by Crippen LogP contribution is 2.17. The number of rotatable bonds is 2. The molecular weight excluding hydrogens is 296 g/mol. The van der Waals surface area contributed by atoms with Crippen LogP contribution in [0.1, 0.15) is 0 Å². The Hall–Kier alpha value is -0.173. The molecule has 0 radical (unpaired) electrons. The predicted octanol–water partition coefficient (Wildman–Crippen LogP) is 2.24. The van der Waals surface area contributed by atoms with Crippen LogP contribution in [-0.2, 0) is 10.1 Å². The van der Waals surface area contributed by atoms with Gasteiger partial charge in [-0.15, -0.1) is 0 Å². The molecule has 0 saturated carbocycles. The van der Waals surface area contributed by atoms with Gasteiger partial charge in [0, 0.05) is 4.47 Å². The Balaban J connectivity index is 3.55. The summed E-state index contributed by atoms with van der Waals surface area (Å²) < 4.78 is 32.3. The average Bonchev–Trinajstić information content (AvgIpc) is 2.00. The van der Waals surface area contributed by atoms with Gasteiger partial charge in [-0.2, -0.15) is 8.42 Å². The van der Waals surface area contributed by atoms with Crippen molar-refractivity contribution in [2.45, 2.75) is 24.5 Å². The van der Waals surface area contributed by atoms with E-state index < -0.39 is 18.2 Å². The molecule has 6 heteroatoms. The Morgan fingerprint density at radius 1 is 1.27 bits per heavy atom. The van der Waals surface area contributed by atoms with E-state index >= 15 is 0 Å². The SMILES string of the molecule is C[Si](C)(C)c1cc(Br)ccc1S(=O)(=O)O. The molecular formula is C9H13BrO3SSi. The molecule has 0 atom stereocenters. The van der Waals surface area contributed by atoms with Gasteiger partial charge in [-0.25, -0.2) is 0 Å². The van der Waals surface area contributed by atoms with E-state index in [1.807, 2.05) is 19.6 Å². The van der Waals surface area contributed by atoms with Gasteiger partial charge in [0.1, 0.15) is 0 Å². The standard InChI is InChI=1S/C9H13BrO3SSi/c1-15(2,3)9-6-7(10)4-5-8(9)14(11,12)13/h4-6H,1-3H3,(H,11,12,13). The molecule has 1 N–H and O–H groups in total. The lowest BCUT2D eigenvalue weighted by Gasteiger charge is -2.19. The maximum Gasteiger partial charge on any atom is 0.294 e. The van der Waals surface area contributed by atoms with E-state index in [1.165, 1.54) is 6.07 Å². The highest BCUT2D eigenvalue weighted by atomic mass is 79.9. The fourth-order valence-electron chi connectivity index (χ4n) is 1.31. The van der Waals surface area contributed by atoms with Crippen LogP contribution in [0.15, 0.2) is 27.6 Å². The van der Waals surface area contributed by atoms with Crippen LogP contribution < -0.4 is 5.19 Å². The molecule has 1 aromatic carbocycles. The lowest BCUT2D eigenvalue weighted by Crippen LogP contribution is -2.40. The number of benzene rings is 1. The van der Waals surface area contributed by atoms with Crippen molar-refractivity contribution in [2.24, 2.45) is 0 Å². The molecule has 0 aliphatic rings. The van der Waals surface area contributed by atoms with Gasteiger partial charge in [0.2, 0.25) is 0 Å². The minimum Gasteiger partial charge on any atom is -0.282 e. The van der Waals surface area contributed by atoms with Crippen molar-refractivity contribution >= 4 is 39.3 Å². The maximum absolute atomic E-state index is 11.2. The molecule has 0 aliphatic carbocycles. The number of halogens is 1. The van der Waals surface area contributed by atoms with E-state index in [-0.39, 0.29) is 4.90 Å². The van der Waals surface area contributed by atoms with E-state index in [0.29, 0.717) is 0 Å². The third kappa shape index (κ3) is 3.14. The molecule has 1 aromatic rings. The van der Waals surface area contributed by atoms with Crippen LogP contribution in [0.5, 0.6) is 0 Å². The minimum absolute atomic E-state index is 0.0323. The van der Waals surface area contributed by atoms with Crippen LogP contribution in [0, 0.1) is 0 Å². The van der Waals surface area contributed by atoms with Gasteiger partial charge < -0.3 is 0 Å². The molecule has 0 unspecified atom stereocenters. The highest BCUT2D eigenvalue weighted by Gasteiger charge is 2.25. The third-order valence-electron chi connectivity index (χ3n) is 2.03. The second-order valence-electron chi connectivity index (χ2n) is 4.37. The van der Waals surface area contributed by atoms with Gasteiger partial charge in [-0.1, -0.05) is 35.6 Å². The average molecular weight is 309 g/mol. The van der Waals surface area contributed by atoms with E-state index in [9.17, 15) is 8.42 Å². The van der Waals surface area contributed by atoms with Gasteiger partial charge in [0.25, 0.3) is 10.1 Å². The summed E-state index contributed by atoms with van der Waals surface area (Å²) in [4.78, 5) is 0.0323. The highest BCUT2D eigenvalue weighted by molar-refractivity contribution is 9.10. The zero-order valence-corrected chi connectivity index (χ0v) is 12.2. The van der Waals surface area contributed by atoms with Gasteiger partial charge in [-0.05, 0) is 23.4 Å². The monoisotopic (exact) mass is 308 g/mol. The lowest BCUT2D eigenvalue weighted by atomic mass is 10.4. The second kappa shape index (κ2) is 4.01. The molecule has 0 amide bonds. The first kappa shape index (κ1) is 12.9. The van der Waals surface area contributed by atoms with E-state index in [1.54, 1.807) is 12.1 Å². The van der Waals surface area contributed by atoms with Crippen molar-refractivity contribution in [3.05, 3.63) is 22.7 Å². The fourth-order valence-corrected chi connectivity index (χ4v) is 5.18. The first-order chi connectivity index (χ1) is 6.62. The molecule has 0 saturated heterocycles. The predicted molar refractivity (Wildman–Crippen MR) is 66.9 cm³/mol. The molecule has 0 heterocycles. The van der Waals surface area contributed by atoms with Gasteiger partial charge >= 0.3 is 0 Å². The Bertz CT molecular complexity index is 477. The summed E-state index contributed by atoms with van der Waals surface area (Å²) >= 11 is 3.30. The van der Waals surface area contributed by atoms with Crippen LogP contribution in [-0.4, -0.2) is 21.0 Å². The molecule has 3 nitrogen and oxygen atoms in total. The summed E-state index contributed by atoms with van der Waals surface area (Å²) in [6.07, 6.45) is 0. The van der Waals surface area contributed by atoms with Crippen LogP contribution in [0.2, 0.25) is 19.6 Å². The summed E-state index contributed by atoms with van der Waals surface area (Å²) in [5, 5.41) is 0.736. The Morgan fingerprint density at radius 3 is 2.20 bits per heavy atom. The normalized spacial score (nSPS) is 12.9. The van der Waals surface area contributed by atoms with Crippen molar-refractivity contribution in [3.63, 3.8) is 0 Å². The van der Waals surface area contributed by atoms with Crippen LogP contribution in [0.25, 0.3) is 0 Å². The van der Waals surface area contributed by atoms with Crippen molar-refractivity contribution in [2.75, 3.05) is 0 Å². The molecule has 84 valence electrons. The van der Waals surface area contributed by atoms with Crippen molar-refractivity contribution in [3.8, 4) is 0 Å². The quantitative estimate of drug-likeness (QED) is 0.673. The van der Waals surface area contributed by atoms with Crippen molar-refractivity contribution in [1.29, 1.82) is 0 Å². The summed E-state index contributed by atoms with van der Waals surface area (Å²) in [7, 11) is -5.91. The van der Waals surface area contributed by atoms with Crippen molar-refractivity contribution < 1.29 is 13.0 Å². The Labute approximate surface area is 99.4 Å². The molecule has 0 spiro atoms. The lowest BCUT2D eigenvalue weighted by molar-refractivity contribution is 0.484. The van der Waals surface area contributed by atoms with Crippen LogP contribution in [0.4, 0.5) is 0 Å². The van der Waals surface area contributed by atoms with Crippen LogP contribution in [0.3, 0.4) is 0 Å². The van der Waals surface area contributed by atoms with Crippen LogP contribution >= 0.6 is 15.9 Å². The summed E-state index contributed by atoms with van der Waals surface area (Å²) in [6, 6.07) is 4.83. The van der Waals surface area contributed by atoms with Gasteiger partial charge in [-0.3, -0.25) is 4.55 Å². The zero-order chi connectivity index (χ0) is 11.9. The number of hydrogen-bond donors (Lipinski definition) is 1. The Kier molecular flexibility index (Phi) is 3.44. The molecule has 15 heavy (non-hydrogen) atoms. The first-order valence-electron chi connectivity index (χ1n) is 4.40. The Morgan fingerprint density at radius 2 is 1.80 bits per heavy atom. The van der Waals surface area contributed by atoms with Gasteiger partial charge in [0.05, 0.1) is 13.0 Å². The summed E-state index contributed by atoms with van der Waals surface area (Å²) in [5.41, 5.74) is 0. The second-order valence-corrected chi connectivity index (χ2v) is 11.7. The van der Waals surface area contributed by atoms with E-state index in [2.05, 4.69) is 15.9 Å². The molecule has 0 fully saturated rings. The smallest absolute Gasteiger partial charge is 0.282 e. The molecule has 0 aromatic heterocycles. The fraction of sp³-hybridized carbons (Fsp3) is 0.333. The van der Waals surface area contributed by atoms with Crippen molar-refractivity contribution in [1.82, 2.24) is 0 Å². The third-order valence-corrected chi connectivity index (χ3v) is 5.64. The zero-order valence-electron chi connectivity index (χ0n) is 8.78. The first-order valence-corrected chi connectivity index (χ1v) is 10.1. The van der Waals surface area contributed by atoms with Gasteiger partial charge in [0.15, 0.2) is 0 Å². The number of hydrogen-bond acceptors (Lipinski definition) is 2. The summed E-state index contributed by atoms with van der Waals surface area (Å²) in [5.74, 6) is 0. The maximum atomic E-state index is 11.2. The topological polar surface area (TPSA) is 54.4 Å². The molecule has 0 bridgehead atoms. The summed E-state index contributed by atoms with van der Waals surface area (Å²) in [6.45, 7) is 6.09. The molecule has 0 aliphatic heterocycles. The largest absolute Gasteiger partial charge is 0.294 e. The van der Waals surface area contributed by atoms with E-state index in [0.717, 1.165) is 9.66 Å². The van der Waals surface area contributed by atoms with E-state index in [4.69, 9.17) is 4.55 Å². The molecule has 1 rings (SSSR count).